The summed E-state index contributed by atoms with van der Waals surface area (Å²) in [7, 11) is 4.59. The first kappa shape index (κ1) is 23.4. The summed E-state index contributed by atoms with van der Waals surface area (Å²) in [4.78, 5) is 20.1. The number of ether oxygens (including phenoxy) is 2. The minimum Gasteiger partial charge on any atom is -0.493 e. The lowest BCUT2D eigenvalue weighted by molar-refractivity contribution is -0.141. The van der Waals surface area contributed by atoms with Crippen molar-refractivity contribution in [2.75, 3.05) is 25.3 Å². The number of aromatic nitrogens is 4. The topological polar surface area (TPSA) is 91.2 Å². The maximum atomic E-state index is 13.4. The van der Waals surface area contributed by atoms with Gasteiger partial charge in [0.05, 0.1) is 37.0 Å². The fourth-order valence-electron chi connectivity index (χ4n) is 2.82. The summed E-state index contributed by atoms with van der Waals surface area (Å²) in [5.74, 6) is 0.178. The van der Waals surface area contributed by atoms with Gasteiger partial charge in [0.25, 0.3) is 0 Å². The second kappa shape index (κ2) is 9.47. The number of anilines is 1. The number of rotatable bonds is 7. The Balaban J connectivity index is 1.86. The molecule has 0 aliphatic carbocycles. The number of methoxy groups -OCH3 is 2. The van der Waals surface area contributed by atoms with Crippen molar-refractivity contribution in [3.63, 3.8) is 0 Å². The molecule has 8 nitrogen and oxygen atoms in total. The van der Waals surface area contributed by atoms with Gasteiger partial charge in [-0.15, -0.1) is 0 Å². The van der Waals surface area contributed by atoms with E-state index in [1.165, 1.54) is 20.3 Å². The van der Waals surface area contributed by atoms with Crippen molar-refractivity contribution in [3.8, 4) is 22.8 Å². The van der Waals surface area contributed by atoms with E-state index in [0.29, 0.717) is 28.4 Å². The van der Waals surface area contributed by atoms with Crippen LogP contribution in [0.25, 0.3) is 11.3 Å². The molecule has 32 heavy (non-hydrogen) atoms. The lowest BCUT2D eigenvalue weighted by Crippen LogP contribution is -2.15. The van der Waals surface area contributed by atoms with Gasteiger partial charge in [0.1, 0.15) is 5.69 Å². The van der Waals surface area contributed by atoms with Gasteiger partial charge in [0.15, 0.2) is 16.7 Å². The Morgan fingerprint density at radius 2 is 1.88 bits per heavy atom. The first-order valence-corrected chi connectivity index (χ1v) is 10.2. The van der Waals surface area contributed by atoms with Crippen molar-refractivity contribution in [3.05, 3.63) is 41.9 Å². The number of aryl methyl sites for hydroxylation is 2. The Bertz CT molecular complexity index is 1130. The van der Waals surface area contributed by atoms with Crippen LogP contribution in [0, 0.1) is 6.92 Å². The number of nitrogens with one attached hydrogen (secondary N) is 1. The van der Waals surface area contributed by atoms with Crippen LogP contribution in [0.3, 0.4) is 0 Å². The number of benzene rings is 1. The van der Waals surface area contributed by atoms with Crippen LogP contribution in [-0.2, 0) is 18.0 Å². The Labute approximate surface area is 186 Å². The number of nitrogens with zero attached hydrogens (tertiary/aromatic N) is 4. The molecule has 1 N–H and O–H groups in total. The molecule has 0 saturated carbocycles. The molecule has 0 radical (unpaired) electrons. The van der Waals surface area contributed by atoms with Gasteiger partial charge in [-0.05, 0) is 31.2 Å². The smallest absolute Gasteiger partial charge is 0.433 e. The van der Waals surface area contributed by atoms with Gasteiger partial charge in [-0.3, -0.25) is 9.48 Å². The average Bonchev–Trinajstić information content (AvgIpc) is 3.07. The molecule has 1 aromatic carbocycles. The monoisotopic (exact) mass is 467 g/mol. The number of amides is 1. The number of alkyl halides is 3. The van der Waals surface area contributed by atoms with Gasteiger partial charge in [0.2, 0.25) is 5.91 Å². The summed E-state index contributed by atoms with van der Waals surface area (Å²) in [5.41, 5.74) is 0.460. The molecule has 0 fully saturated rings. The van der Waals surface area contributed by atoms with Gasteiger partial charge >= 0.3 is 6.18 Å². The predicted octanol–water partition coefficient (Wildman–Crippen LogP) is 3.95. The minimum absolute atomic E-state index is 0.0410. The van der Waals surface area contributed by atoms with Gasteiger partial charge in [-0.2, -0.15) is 18.3 Å². The minimum atomic E-state index is -4.68. The van der Waals surface area contributed by atoms with Crippen LogP contribution in [0.2, 0.25) is 0 Å². The SMILES string of the molecule is COc1ccc(-c2cc(C(F)(F)F)nc(SCC(=O)Nc3cn(C)nc3C)n2)cc1OC. The second-order valence-corrected chi connectivity index (χ2v) is 7.57. The normalized spacial score (nSPS) is 11.3. The molecule has 0 atom stereocenters. The maximum Gasteiger partial charge on any atom is 0.433 e. The first-order chi connectivity index (χ1) is 15.1. The molecule has 0 bridgehead atoms. The molecule has 2 aromatic heterocycles. The highest BCUT2D eigenvalue weighted by Crippen LogP contribution is 2.35. The zero-order valence-corrected chi connectivity index (χ0v) is 18.5. The molecule has 12 heteroatoms. The number of hydrogen-bond acceptors (Lipinski definition) is 7. The highest BCUT2D eigenvalue weighted by atomic mass is 32.2. The van der Waals surface area contributed by atoms with E-state index in [1.807, 2.05) is 0 Å². The average molecular weight is 467 g/mol. The fraction of sp³-hybridized carbons (Fsp3) is 0.300. The lowest BCUT2D eigenvalue weighted by atomic mass is 10.1. The number of carbonyl (C=O) groups is 1. The molecule has 0 aliphatic rings. The van der Waals surface area contributed by atoms with Crippen LogP contribution >= 0.6 is 11.8 Å². The summed E-state index contributed by atoms with van der Waals surface area (Å²) < 4.78 is 52.2. The van der Waals surface area contributed by atoms with Crippen molar-refractivity contribution in [1.29, 1.82) is 0 Å². The predicted molar refractivity (Wildman–Crippen MR) is 113 cm³/mol. The molecule has 1 amide bonds. The molecule has 3 aromatic rings. The van der Waals surface area contributed by atoms with E-state index in [2.05, 4.69) is 20.4 Å². The van der Waals surface area contributed by atoms with Gasteiger partial charge < -0.3 is 14.8 Å². The van der Waals surface area contributed by atoms with Crippen molar-refractivity contribution in [2.45, 2.75) is 18.3 Å². The fourth-order valence-corrected chi connectivity index (χ4v) is 3.48. The highest BCUT2D eigenvalue weighted by molar-refractivity contribution is 7.99. The molecule has 3 rings (SSSR count). The summed E-state index contributed by atoms with van der Waals surface area (Å²) in [6, 6.07) is 5.51. The van der Waals surface area contributed by atoms with Crippen molar-refractivity contribution < 1.29 is 27.4 Å². The molecule has 0 saturated heterocycles. The van der Waals surface area contributed by atoms with Crippen molar-refractivity contribution >= 4 is 23.4 Å². The highest BCUT2D eigenvalue weighted by Gasteiger charge is 2.34. The maximum absolute atomic E-state index is 13.4. The lowest BCUT2D eigenvalue weighted by Gasteiger charge is -2.12. The van der Waals surface area contributed by atoms with E-state index in [1.54, 1.807) is 37.0 Å². The van der Waals surface area contributed by atoms with Crippen LogP contribution in [0.4, 0.5) is 18.9 Å². The summed E-state index contributed by atoms with van der Waals surface area (Å²) in [6.07, 6.45) is -3.05. The van der Waals surface area contributed by atoms with Crippen molar-refractivity contribution in [1.82, 2.24) is 19.7 Å². The molecule has 0 spiro atoms. The number of carbonyl (C=O) groups excluding carboxylic acids is 1. The van der Waals surface area contributed by atoms with Gasteiger partial charge in [-0.1, -0.05) is 11.8 Å². The second-order valence-electron chi connectivity index (χ2n) is 6.63. The number of hydrogen-bond donors (Lipinski definition) is 1. The molecule has 0 aliphatic heterocycles. The number of thioether (sulfide) groups is 1. The molecule has 170 valence electrons. The third-order valence-corrected chi connectivity index (χ3v) is 5.14. The summed E-state index contributed by atoms with van der Waals surface area (Å²) in [6.45, 7) is 1.73. The molecule has 2 heterocycles. The van der Waals surface area contributed by atoms with E-state index >= 15 is 0 Å². The van der Waals surface area contributed by atoms with Gasteiger partial charge in [0, 0.05) is 18.8 Å². The Morgan fingerprint density at radius 3 is 2.47 bits per heavy atom. The van der Waals surface area contributed by atoms with Crippen LogP contribution in [-0.4, -0.2) is 45.6 Å². The first-order valence-electron chi connectivity index (χ1n) is 9.22. The zero-order chi connectivity index (χ0) is 23.5. The Kier molecular flexibility index (Phi) is 6.92. The molecular formula is C20H20F3N5O3S. The summed E-state index contributed by atoms with van der Waals surface area (Å²) in [5, 5.41) is 6.61. The van der Waals surface area contributed by atoms with Gasteiger partial charge in [-0.25, -0.2) is 9.97 Å². The van der Waals surface area contributed by atoms with Crippen LogP contribution < -0.4 is 14.8 Å². The summed E-state index contributed by atoms with van der Waals surface area (Å²) >= 11 is 0.800. The standard InChI is InChI=1S/C20H20F3N5O3S/c1-11-14(9-28(2)27-11)24-18(29)10-32-19-25-13(8-17(26-19)20(21,22)23)12-5-6-15(30-3)16(7-12)31-4/h5-9H,10H2,1-4H3,(H,24,29). The Morgan fingerprint density at radius 1 is 1.16 bits per heavy atom. The zero-order valence-electron chi connectivity index (χ0n) is 17.6. The Hall–Kier alpha value is -3.28. The largest absolute Gasteiger partial charge is 0.493 e. The number of halogens is 3. The van der Waals surface area contributed by atoms with Crippen molar-refractivity contribution in [2.24, 2.45) is 7.05 Å². The van der Waals surface area contributed by atoms with E-state index < -0.39 is 17.8 Å². The molecule has 0 unspecified atom stereocenters. The third kappa shape index (κ3) is 5.49. The van der Waals surface area contributed by atoms with E-state index in [4.69, 9.17) is 9.47 Å². The van der Waals surface area contributed by atoms with Crippen LogP contribution in [0.15, 0.2) is 35.6 Å². The molecular weight excluding hydrogens is 447 g/mol. The van der Waals surface area contributed by atoms with E-state index in [-0.39, 0.29) is 16.6 Å². The quantitative estimate of drug-likeness (QED) is 0.416. The van der Waals surface area contributed by atoms with Crippen LogP contribution in [0.1, 0.15) is 11.4 Å². The van der Waals surface area contributed by atoms with E-state index in [9.17, 15) is 18.0 Å². The van der Waals surface area contributed by atoms with Crippen LogP contribution in [0.5, 0.6) is 11.5 Å². The van der Waals surface area contributed by atoms with E-state index in [0.717, 1.165) is 17.8 Å². The third-order valence-electron chi connectivity index (χ3n) is 4.30.